The van der Waals surface area contributed by atoms with Crippen LogP contribution in [-0.4, -0.2) is 96.7 Å². The van der Waals surface area contributed by atoms with E-state index in [0.29, 0.717) is 25.7 Å². The number of rotatable bonds is 65. The predicted octanol–water partition coefficient (Wildman–Crippen LogP) is 19.8. The third-order valence-electron chi connectivity index (χ3n) is 14.0. The molecule has 19 heteroatoms. The molecule has 0 heterocycles. The minimum atomic E-state index is -5.00. The number of phosphoric acid groups is 2. The van der Waals surface area contributed by atoms with Gasteiger partial charge in [0, 0.05) is 19.3 Å². The van der Waals surface area contributed by atoms with Gasteiger partial charge in [0.25, 0.3) is 0 Å². The molecular weight excluding hydrogens is 1230 g/mol. The highest BCUT2D eigenvalue weighted by molar-refractivity contribution is 7.47. The standard InChI is InChI=1S/C75H124O17P2/c1-5-9-13-17-21-25-29-33-34-38-40-44-48-52-56-60-73(78)86-66-71(92-75(80)62-58-54-50-46-42-37-32-28-24-20-16-12-8-4)68-90-94(83,84)88-64-69(76)63-87-93(81,82)89-67-70(91-74(79)61-57-53-49-45-41-36-31-27-23-19-15-11-7-3)65-85-72(77)59-55-51-47-43-39-35-30-26-22-18-14-10-6-2/h9,13-16,18-21,25-28,30-34,40,44,52,56,69-71,76H,5-8,10-12,17,22-24,29,35-39,41-43,45-51,53-55,57-68H2,1-4H3,(H,81,82)(H,83,84)/b13-9-,18-14-,19-15-,20-16-,25-21-,30-26-,31-27-,32-28-,34-33-,44-40-,56-52-. The Morgan fingerprint density at radius 1 is 0.319 bits per heavy atom. The molecule has 5 atom stereocenters. The summed E-state index contributed by atoms with van der Waals surface area (Å²) in [6.07, 6.45) is 72.1. The maximum absolute atomic E-state index is 13.0. The van der Waals surface area contributed by atoms with Crippen LogP contribution >= 0.6 is 15.6 Å². The SMILES string of the molecule is CC/C=C\C/C=C\C/C=C\C/C=C\C/C=C\CC(=O)OCC(COP(=O)(O)OCC(O)COP(=O)(O)OCC(COC(=O)CCCCCCC/C=C\C/C=C\CCC)OC(=O)CCCCCCC/C=C\C/C=C\CCC)OC(=O)CCCCCCC/C=C\C/C=C\CCC. The summed E-state index contributed by atoms with van der Waals surface area (Å²) in [5.41, 5.74) is 0. The number of carbonyl (C=O) groups excluding carboxylic acids is 4. The van der Waals surface area contributed by atoms with E-state index in [0.717, 1.165) is 180 Å². The number of unbranched alkanes of at least 4 members (excludes halogenated alkanes) is 18. The third kappa shape index (κ3) is 65.8. The Kier molecular flexibility index (Phi) is 63.4. The molecule has 5 unspecified atom stereocenters. The summed E-state index contributed by atoms with van der Waals surface area (Å²) in [4.78, 5) is 72.5. The molecule has 0 saturated carbocycles. The minimum Gasteiger partial charge on any atom is -0.462 e. The van der Waals surface area contributed by atoms with Gasteiger partial charge in [-0.15, -0.1) is 0 Å². The van der Waals surface area contributed by atoms with E-state index in [1.54, 1.807) is 6.08 Å². The van der Waals surface area contributed by atoms with Crippen molar-refractivity contribution in [2.75, 3.05) is 39.6 Å². The van der Waals surface area contributed by atoms with Gasteiger partial charge in [0.15, 0.2) is 12.2 Å². The van der Waals surface area contributed by atoms with Crippen LogP contribution < -0.4 is 0 Å². The highest BCUT2D eigenvalue weighted by atomic mass is 31.2. The molecule has 0 bridgehead atoms. The Morgan fingerprint density at radius 3 is 0.947 bits per heavy atom. The first-order chi connectivity index (χ1) is 45.7. The van der Waals surface area contributed by atoms with E-state index in [1.807, 2.05) is 18.2 Å². The number of aliphatic hydroxyl groups is 1. The quantitative estimate of drug-likeness (QED) is 0.0169. The second-order valence-corrected chi connectivity index (χ2v) is 26.0. The van der Waals surface area contributed by atoms with Gasteiger partial charge in [0.05, 0.1) is 32.8 Å². The van der Waals surface area contributed by atoms with Gasteiger partial charge in [0.1, 0.15) is 19.3 Å². The van der Waals surface area contributed by atoms with Gasteiger partial charge < -0.3 is 33.8 Å². The monoisotopic (exact) mass is 1360 g/mol. The van der Waals surface area contributed by atoms with Gasteiger partial charge in [-0.05, 0) is 128 Å². The maximum Gasteiger partial charge on any atom is 0.472 e. The zero-order valence-corrected chi connectivity index (χ0v) is 59.9. The molecule has 0 radical (unpaired) electrons. The van der Waals surface area contributed by atoms with Crippen LogP contribution in [-0.2, 0) is 65.4 Å². The Hall–Kier alpha value is -4.80. The molecule has 0 aliphatic heterocycles. The van der Waals surface area contributed by atoms with Crippen molar-refractivity contribution in [3.8, 4) is 0 Å². The van der Waals surface area contributed by atoms with E-state index < -0.39 is 97.5 Å². The third-order valence-corrected chi connectivity index (χ3v) is 15.9. The first-order valence-corrected chi connectivity index (χ1v) is 38.4. The number of hydrogen-bond donors (Lipinski definition) is 3. The highest BCUT2D eigenvalue weighted by Gasteiger charge is 2.30. The number of hydrogen-bond acceptors (Lipinski definition) is 15. The number of phosphoric ester groups is 2. The molecule has 0 aromatic heterocycles. The molecule has 3 N–H and O–H groups in total. The normalized spacial score (nSPS) is 14.8. The van der Waals surface area contributed by atoms with Crippen molar-refractivity contribution in [1.82, 2.24) is 0 Å². The fourth-order valence-corrected chi connectivity index (χ4v) is 10.3. The van der Waals surface area contributed by atoms with E-state index in [9.17, 15) is 43.2 Å². The molecule has 0 aliphatic carbocycles. The van der Waals surface area contributed by atoms with Crippen molar-refractivity contribution in [2.24, 2.45) is 0 Å². The van der Waals surface area contributed by atoms with Crippen molar-refractivity contribution in [1.29, 1.82) is 0 Å². The zero-order chi connectivity index (χ0) is 69.0. The van der Waals surface area contributed by atoms with E-state index in [-0.39, 0.29) is 25.7 Å². The largest absolute Gasteiger partial charge is 0.472 e. The van der Waals surface area contributed by atoms with Crippen LogP contribution in [0, 0.1) is 0 Å². The lowest BCUT2D eigenvalue weighted by Crippen LogP contribution is -2.30. The Morgan fingerprint density at radius 2 is 0.596 bits per heavy atom. The minimum absolute atomic E-state index is 0.0553. The smallest absolute Gasteiger partial charge is 0.462 e. The van der Waals surface area contributed by atoms with Gasteiger partial charge in [0.2, 0.25) is 0 Å². The summed E-state index contributed by atoms with van der Waals surface area (Å²) >= 11 is 0. The number of carbonyl (C=O) groups is 4. The Labute approximate surface area is 567 Å². The van der Waals surface area contributed by atoms with Crippen molar-refractivity contribution in [3.05, 3.63) is 134 Å². The highest BCUT2D eigenvalue weighted by Crippen LogP contribution is 2.45. The van der Waals surface area contributed by atoms with Gasteiger partial charge in [-0.3, -0.25) is 37.3 Å². The molecule has 0 amide bonds. The molecule has 17 nitrogen and oxygen atoms in total. The summed E-state index contributed by atoms with van der Waals surface area (Å²) in [7, 11) is -9.98. The van der Waals surface area contributed by atoms with Crippen LogP contribution in [0.25, 0.3) is 0 Å². The molecular formula is C75H124O17P2. The second kappa shape index (κ2) is 66.8. The summed E-state index contributed by atoms with van der Waals surface area (Å²) in [6.45, 7) is 4.36. The number of allylic oxidation sites excluding steroid dienone is 21. The summed E-state index contributed by atoms with van der Waals surface area (Å²) in [5.74, 6) is -2.38. The number of aliphatic hydroxyl groups excluding tert-OH is 1. The van der Waals surface area contributed by atoms with Gasteiger partial charge >= 0.3 is 39.5 Å². The molecule has 94 heavy (non-hydrogen) atoms. The first kappa shape index (κ1) is 89.2. The van der Waals surface area contributed by atoms with Crippen LogP contribution in [0.4, 0.5) is 0 Å². The Bertz CT molecular complexity index is 2310. The molecule has 0 aromatic carbocycles. The number of ether oxygens (including phenoxy) is 4. The van der Waals surface area contributed by atoms with Crippen LogP contribution in [0.1, 0.15) is 259 Å². The van der Waals surface area contributed by atoms with E-state index >= 15 is 0 Å². The molecule has 0 fully saturated rings. The van der Waals surface area contributed by atoms with Crippen LogP contribution in [0.2, 0.25) is 0 Å². The average Bonchev–Trinajstić information content (AvgIpc) is 1.67. The average molecular weight is 1360 g/mol. The molecule has 536 valence electrons. The maximum atomic E-state index is 13.0. The van der Waals surface area contributed by atoms with Crippen molar-refractivity contribution >= 4 is 39.5 Å². The predicted molar refractivity (Wildman–Crippen MR) is 381 cm³/mol. The van der Waals surface area contributed by atoms with E-state index in [1.165, 1.54) is 0 Å². The van der Waals surface area contributed by atoms with Crippen molar-refractivity contribution < 1.29 is 80.2 Å². The first-order valence-electron chi connectivity index (χ1n) is 35.4. The van der Waals surface area contributed by atoms with Gasteiger partial charge in [-0.2, -0.15) is 0 Å². The van der Waals surface area contributed by atoms with E-state index in [4.69, 9.17) is 37.0 Å². The fourth-order valence-electron chi connectivity index (χ4n) is 8.70. The molecule has 0 aliphatic rings. The number of esters is 4. The summed E-state index contributed by atoms with van der Waals surface area (Å²) in [6, 6.07) is 0. The van der Waals surface area contributed by atoms with Crippen molar-refractivity contribution in [2.45, 2.75) is 277 Å². The molecule has 0 rings (SSSR count). The topological polar surface area (TPSA) is 237 Å². The van der Waals surface area contributed by atoms with Crippen molar-refractivity contribution in [3.63, 3.8) is 0 Å². The van der Waals surface area contributed by atoms with Crippen LogP contribution in [0.15, 0.2) is 134 Å². The summed E-state index contributed by atoms with van der Waals surface area (Å²) < 4.78 is 68.1. The molecule has 0 spiro atoms. The van der Waals surface area contributed by atoms with Gasteiger partial charge in [-0.1, -0.05) is 238 Å². The molecule has 0 aromatic rings. The lowest BCUT2D eigenvalue weighted by molar-refractivity contribution is -0.161. The summed E-state index contributed by atoms with van der Waals surface area (Å²) in [5, 5.41) is 10.6. The molecule has 0 saturated heterocycles. The van der Waals surface area contributed by atoms with E-state index in [2.05, 4.69) is 137 Å². The van der Waals surface area contributed by atoms with Gasteiger partial charge in [-0.25, -0.2) is 9.13 Å². The Balaban J connectivity index is 5.44. The second-order valence-electron chi connectivity index (χ2n) is 23.1. The van der Waals surface area contributed by atoms with Crippen LogP contribution in [0.3, 0.4) is 0 Å². The lowest BCUT2D eigenvalue weighted by atomic mass is 10.1. The fraction of sp³-hybridized carbons (Fsp3) is 0.653. The van der Waals surface area contributed by atoms with Crippen LogP contribution in [0.5, 0.6) is 0 Å². The zero-order valence-electron chi connectivity index (χ0n) is 58.1. The lowest BCUT2D eigenvalue weighted by Gasteiger charge is -2.21.